The molecule has 2 aromatic rings. The van der Waals surface area contributed by atoms with Crippen LogP contribution in [0.4, 0.5) is 0 Å². The molecule has 2 aromatic carbocycles. The van der Waals surface area contributed by atoms with E-state index in [4.69, 9.17) is 16.3 Å². The molecule has 4 unspecified atom stereocenters. The minimum absolute atomic E-state index is 0.181. The molecule has 3 aliphatic rings. The van der Waals surface area contributed by atoms with Crippen LogP contribution in [0.25, 0.3) is 0 Å². The zero-order valence-electron chi connectivity index (χ0n) is 15.9. The SMILES string of the molecule is O=C1C2C3C=CC(C3)C2C(=O)N1/N=C/c1ccc(OCc2ccccc2Cl)c(Br)c1. The van der Waals surface area contributed by atoms with Crippen molar-refractivity contribution in [1.29, 1.82) is 0 Å². The number of benzene rings is 2. The number of nitrogens with zero attached hydrogens (tertiary/aromatic N) is 2. The minimum Gasteiger partial charge on any atom is -0.488 e. The van der Waals surface area contributed by atoms with Crippen molar-refractivity contribution in [3.8, 4) is 5.75 Å². The van der Waals surface area contributed by atoms with Gasteiger partial charge < -0.3 is 4.74 Å². The van der Waals surface area contributed by atoms with Crippen LogP contribution in [0.15, 0.2) is 64.2 Å². The van der Waals surface area contributed by atoms with E-state index < -0.39 is 0 Å². The molecule has 0 N–H and O–H groups in total. The lowest BCUT2D eigenvalue weighted by molar-refractivity contribution is -0.140. The molecule has 5 nitrogen and oxygen atoms in total. The largest absolute Gasteiger partial charge is 0.488 e. The Kier molecular flexibility index (Phi) is 4.99. The fourth-order valence-corrected chi connectivity index (χ4v) is 5.31. The monoisotopic (exact) mass is 484 g/mol. The lowest BCUT2D eigenvalue weighted by Gasteiger charge is -2.13. The summed E-state index contributed by atoms with van der Waals surface area (Å²) < 4.78 is 6.60. The van der Waals surface area contributed by atoms with Gasteiger partial charge >= 0.3 is 0 Å². The van der Waals surface area contributed by atoms with E-state index in [-0.39, 0.29) is 35.5 Å². The van der Waals surface area contributed by atoms with E-state index in [9.17, 15) is 9.59 Å². The Bertz CT molecular complexity index is 1070. The second kappa shape index (κ2) is 7.67. The van der Waals surface area contributed by atoms with E-state index in [1.807, 2.05) is 42.5 Å². The van der Waals surface area contributed by atoms with E-state index in [1.165, 1.54) is 6.21 Å². The number of carbonyl (C=O) groups excluding carboxylic acids is 2. The molecular formula is C23H18BrClN2O3. The summed E-state index contributed by atoms with van der Waals surface area (Å²) in [5.74, 6) is 0.181. The van der Waals surface area contributed by atoms with Gasteiger partial charge in [-0.15, -0.1) is 0 Å². The zero-order chi connectivity index (χ0) is 20.8. The first-order valence-corrected chi connectivity index (χ1v) is 11.0. The fourth-order valence-electron chi connectivity index (χ4n) is 4.61. The van der Waals surface area contributed by atoms with Crippen molar-refractivity contribution < 1.29 is 14.3 Å². The summed E-state index contributed by atoms with van der Waals surface area (Å²) in [6.07, 6.45) is 6.59. The van der Waals surface area contributed by atoms with Crippen molar-refractivity contribution >= 4 is 45.6 Å². The molecule has 5 rings (SSSR count). The fraction of sp³-hybridized carbons (Fsp3) is 0.261. The molecule has 0 aromatic heterocycles. The molecule has 1 heterocycles. The van der Waals surface area contributed by atoms with Crippen LogP contribution in [0.2, 0.25) is 5.02 Å². The van der Waals surface area contributed by atoms with Gasteiger partial charge in [0, 0.05) is 10.6 Å². The second-order valence-corrected chi connectivity index (χ2v) is 9.06. The number of carbonyl (C=O) groups is 2. The maximum absolute atomic E-state index is 12.7. The van der Waals surface area contributed by atoms with Crippen molar-refractivity contribution in [2.45, 2.75) is 13.0 Å². The van der Waals surface area contributed by atoms with Crippen molar-refractivity contribution in [3.63, 3.8) is 0 Å². The van der Waals surface area contributed by atoms with Crippen LogP contribution in [0.1, 0.15) is 17.5 Å². The van der Waals surface area contributed by atoms with Crippen molar-refractivity contribution in [2.24, 2.45) is 28.8 Å². The molecule has 7 heteroatoms. The van der Waals surface area contributed by atoms with Gasteiger partial charge in [0.25, 0.3) is 11.8 Å². The predicted molar refractivity (Wildman–Crippen MR) is 117 cm³/mol. The Balaban J connectivity index is 1.27. The summed E-state index contributed by atoms with van der Waals surface area (Å²) in [7, 11) is 0. The first-order chi connectivity index (χ1) is 14.5. The highest BCUT2D eigenvalue weighted by atomic mass is 79.9. The third-order valence-corrected chi connectivity index (χ3v) is 7.05. The molecule has 0 spiro atoms. The van der Waals surface area contributed by atoms with E-state index in [0.29, 0.717) is 17.4 Å². The third-order valence-electron chi connectivity index (χ3n) is 6.07. The number of hydrazone groups is 1. The molecule has 2 bridgehead atoms. The lowest BCUT2D eigenvalue weighted by Crippen LogP contribution is -2.28. The van der Waals surface area contributed by atoms with Gasteiger partial charge in [-0.3, -0.25) is 9.59 Å². The van der Waals surface area contributed by atoms with Crippen molar-refractivity contribution in [1.82, 2.24) is 5.01 Å². The van der Waals surface area contributed by atoms with Gasteiger partial charge in [0.15, 0.2) is 0 Å². The van der Waals surface area contributed by atoms with Crippen LogP contribution in [-0.4, -0.2) is 23.0 Å². The molecule has 152 valence electrons. The highest BCUT2D eigenvalue weighted by Crippen LogP contribution is 2.52. The van der Waals surface area contributed by atoms with Gasteiger partial charge in [-0.2, -0.15) is 10.1 Å². The molecule has 2 aliphatic carbocycles. The summed E-state index contributed by atoms with van der Waals surface area (Å²) in [5, 5.41) is 5.92. The summed E-state index contributed by atoms with van der Waals surface area (Å²) in [6.45, 7) is 0.349. The standard InChI is InChI=1S/C23H18BrClN2O3/c24-17-9-13(5-8-19(17)30-12-16-3-1-2-4-18(16)25)11-26-27-22(28)20-14-6-7-15(10-14)21(20)23(27)29/h1-9,11,14-15,20-21H,10,12H2/b26-11+. The van der Waals surface area contributed by atoms with Gasteiger partial charge in [-0.25, -0.2) is 0 Å². The average molecular weight is 486 g/mol. The predicted octanol–water partition coefficient (Wildman–Crippen LogP) is 4.82. The van der Waals surface area contributed by atoms with E-state index in [0.717, 1.165) is 27.0 Å². The van der Waals surface area contributed by atoms with Crippen LogP contribution < -0.4 is 4.74 Å². The number of fused-ring (bicyclic) bond motifs is 5. The first kappa shape index (κ1) is 19.5. The summed E-state index contributed by atoms with van der Waals surface area (Å²) in [6, 6.07) is 13.0. The number of ether oxygens (including phenoxy) is 1. The summed E-state index contributed by atoms with van der Waals surface area (Å²) in [5.41, 5.74) is 1.66. The lowest BCUT2D eigenvalue weighted by atomic mass is 9.85. The number of hydrogen-bond donors (Lipinski definition) is 0. The number of amides is 2. The van der Waals surface area contributed by atoms with Crippen LogP contribution in [-0.2, 0) is 16.2 Å². The smallest absolute Gasteiger partial charge is 0.254 e. The molecule has 4 atom stereocenters. The Hall–Kier alpha value is -2.44. The number of allylic oxidation sites excluding steroid dienone is 2. The van der Waals surface area contributed by atoms with Crippen LogP contribution >= 0.6 is 27.5 Å². The minimum atomic E-state index is -0.239. The Morgan fingerprint density at radius 3 is 2.47 bits per heavy atom. The van der Waals surface area contributed by atoms with E-state index >= 15 is 0 Å². The molecule has 1 aliphatic heterocycles. The zero-order valence-corrected chi connectivity index (χ0v) is 18.2. The quantitative estimate of drug-likeness (QED) is 0.346. The van der Waals surface area contributed by atoms with Crippen molar-refractivity contribution in [3.05, 3.63) is 75.2 Å². The molecule has 2 amide bonds. The van der Waals surface area contributed by atoms with Gasteiger partial charge in [0.05, 0.1) is 22.5 Å². The van der Waals surface area contributed by atoms with Gasteiger partial charge in [0.2, 0.25) is 0 Å². The Morgan fingerprint density at radius 2 is 1.80 bits per heavy atom. The molecular weight excluding hydrogens is 468 g/mol. The molecule has 2 fully saturated rings. The Labute approximate surface area is 187 Å². The van der Waals surface area contributed by atoms with Crippen LogP contribution in [0.3, 0.4) is 0 Å². The molecule has 1 saturated heterocycles. The highest BCUT2D eigenvalue weighted by molar-refractivity contribution is 9.10. The van der Waals surface area contributed by atoms with Gasteiger partial charge in [-0.05, 0) is 64.0 Å². The second-order valence-electron chi connectivity index (χ2n) is 7.80. The van der Waals surface area contributed by atoms with Crippen molar-refractivity contribution in [2.75, 3.05) is 0 Å². The number of rotatable bonds is 5. The molecule has 1 saturated carbocycles. The Morgan fingerprint density at radius 1 is 1.10 bits per heavy atom. The first-order valence-electron chi connectivity index (χ1n) is 9.79. The normalized spacial score (nSPS) is 26.8. The van der Waals surface area contributed by atoms with Gasteiger partial charge in [-0.1, -0.05) is 42.0 Å². The number of halogens is 2. The number of hydrogen-bond acceptors (Lipinski definition) is 4. The maximum Gasteiger partial charge on any atom is 0.254 e. The molecule has 0 radical (unpaired) electrons. The topological polar surface area (TPSA) is 59.0 Å². The van der Waals surface area contributed by atoms with Crippen LogP contribution in [0, 0.1) is 23.7 Å². The van der Waals surface area contributed by atoms with Crippen LogP contribution in [0.5, 0.6) is 5.75 Å². The molecule has 30 heavy (non-hydrogen) atoms. The number of imide groups is 1. The van der Waals surface area contributed by atoms with E-state index in [2.05, 4.69) is 33.2 Å². The highest BCUT2D eigenvalue weighted by Gasteiger charge is 2.59. The van der Waals surface area contributed by atoms with E-state index in [1.54, 1.807) is 0 Å². The average Bonchev–Trinajstić information content (AvgIpc) is 3.41. The third kappa shape index (κ3) is 3.28. The summed E-state index contributed by atoms with van der Waals surface area (Å²) in [4.78, 5) is 25.4. The van der Waals surface area contributed by atoms with Gasteiger partial charge in [0.1, 0.15) is 12.4 Å². The summed E-state index contributed by atoms with van der Waals surface area (Å²) >= 11 is 9.67. The maximum atomic E-state index is 12.7.